The number of rotatable bonds is 8. The summed E-state index contributed by atoms with van der Waals surface area (Å²) in [7, 11) is 0. The average Bonchev–Trinajstić information content (AvgIpc) is 2.21. The molecule has 0 amide bonds. The van der Waals surface area contributed by atoms with Gasteiger partial charge in [0.05, 0.1) is 0 Å². The Kier molecular flexibility index (Phi) is 8.14. The van der Waals surface area contributed by atoms with E-state index in [0.29, 0.717) is 0 Å². The van der Waals surface area contributed by atoms with Crippen molar-refractivity contribution in [3.8, 4) is 0 Å². The van der Waals surface area contributed by atoms with Crippen molar-refractivity contribution >= 4 is 0 Å². The minimum atomic E-state index is 0.847. The topological polar surface area (TPSA) is 0 Å². The van der Waals surface area contributed by atoms with Gasteiger partial charge in [-0.1, -0.05) is 67.7 Å². The summed E-state index contributed by atoms with van der Waals surface area (Å²) >= 11 is 0. The van der Waals surface area contributed by atoms with Crippen LogP contribution in [0.1, 0.15) is 74.1 Å². The molecule has 0 aliphatic rings. The molecule has 0 saturated heterocycles. The highest BCUT2D eigenvalue weighted by Gasteiger charge is 2.16. The molecule has 0 nitrogen and oxygen atoms in total. The van der Waals surface area contributed by atoms with Crippen molar-refractivity contribution < 1.29 is 0 Å². The molecule has 3 unspecified atom stereocenters. The Morgan fingerprint density at radius 2 is 1.31 bits per heavy atom. The van der Waals surface area contributed by atoms with E-state index >= 15 is 0 Å². The minimum Gasteiger partial charge on any atom is -0.0651 e. The first-order valence-corrected chi connectivity index (χ1v) is 7.38. The van der Waals surface area contributed by atoms with Crippen molar-refractivity contribution in [1.29, 1.82) is 0 Å². The Labute approximate surface area is 104 Å². The molecule has 0 aromatic heterocycles. The second-order valence-electron chi connectivity index (χ2n) is 6.55. The maximum absolute atomic E-state index is 2.44. The molecule has 3 atom stereocenters. The zero-order valence-electron chi connectivity index (χ0n) is 12.7. The Hall–Kier alpha value is 0. The molecule has 0 saturated carbocycles. The van der Waals surface area contributed by atoms with Crippen LogP contribution in [0, 0.1) is 29.6 Å². The van der Waals surface area contributed by atoms with E-state index in [0.717, 1.165) is 29.6 Å². The van der Waals surface area contributed by atoms with Crippen molar-refractivity contribution in [3.05, 3.63) is 0 Å². The van der Waals surface area contributed by atoms with Gasteiger partial charge in [0, 0.05) is 0 Å². The normalized spacial score (nSPS) is 17.8. The standard InChI is InChI=1S/C16H34/c1-8-16(13(4)5)11-14(6)9-10-15(7)12(2)3/h12-16H,8-11H2,1-7H3. The van der Waals surface area contributed by atoms with Gasteiger partial charge in [-0.25, -0.2) is 0 Å². The van der Waals surface area contributed by atoms with Gasteiger partial charge in [-0.3, -0.25) is 0 Å². The van der Waals surface area contributed by atoms with E-state index in [1.807, 2.05) is 0 Å². The highest BCUT2D eigenvalue weighted by atomic mass is 14.2. The molecule has 0 radical (unpaired) electrons. The fourth-order valence-electron chi connectivity index (χ4n) is 2.43. The molecular formula is C16H34. The second-order valence-corrected chi connectivity index (χ2v) is 6.55. The molecule has 0 aromatic carbocycles. The van der Waals surface area contributed by atoms with Gasteiger partial charge in [0.25, 0.3) is 0 Å². The molecule has 0 bridgehead atoms. The lowest BCUT2D eigenvalue weighted by Gasteiger charge is -2.24. The van der Waals surface area contributed by atoms with E-state index in [-0.39, 0.29) is 0 Å². The molecule has 0 N–H and O–H groups in total. The largest absolute Gasteiger partial charge is 0.0651 e. The maximum atomic E-state index is 2.44. The summed E-state index contributed by atoms with van der Waals surface area (Å²) in [6, 6.07) is 0. The van der Waals surface area contributed by atoms with Gasteiger partial charge in [-0.2, -0.15) is 0 Å². The smallest absolute Gasteiger partial charge is 0.0391 e. The van der Waals surface area contributed by atoms with E-state index < -0.39 is 0 Å². The molecule has 0 aliphatic heterocycles. The Morgan fingerprint density at radius 3 is 1.69 bits per heavy atom. The third kappa shape index (κ3) is 6.55. The lowest BCUT2D eigenvalue weighted by molar-refractivity contribution is 0.269. The first-order valence-electron chi connectivity index (χ1n) is 7.38. The minimum absolute atomic E-state index is 0.847. The lowest BCUT2D eigenvalue weighted by atomic mass is 9.82. The molecule has 0 rings (SSSR count). The van der Waals surface area contributed by atoms with Gasteiger partial charge in [-0.05, 0) is 36.0 Å². The van der Waals surface area contributed by atoms with E-state index in [1.54, 1.807) is 0 Å². The fourth-order valence-corrected chi connectivity index (χ4v) is 2.43. The van der Waals surface area contributed by atoms with E-state index in [4.69, 9.17) is 0 Å². The van der Waals surface area contributed by atoms with Crippen LogP contribution in [0.4, 0.5) is 0 Å². The first-order chi connectivity index (χ1) is 7.38. The second kappa shape index (κ2) is 8.14. The molecular weight excluding hydrogens is 192 g/mol. The van der Waals surface area contributed by atoms with Crippen LogP contribution < -0.4 is 0 Å². The predicted molar refractivity (Wildman–Crippen MR) is 75.6 cm³/mol. The van der Waals surface area contributed by atoms with Gasteiger partial charge >= 0.3 is 0 Å². The third-order valence-electron chi connectivity index (χ3n) is 4.43. The van der Waals surface area contributed by atoms with Crippen LogP contribution in [-0.4, -0.2) is 0 Å². The van der Waals surface area contributed by atoms with Crippen molar-refractivity contribution in [3.63, 3.8) is 0 Å². The molecule has 0 spiro atoms. The van der Waals surface area contributed by atoms with Gasteiger partial charge in [0.15, 0.2) is 0 Å². The van der Waals surface area contributed by atoms with Crippen molar-refractivity contribution in [2.45, 2.75) is 74.1 Å². The van der Waals surface area contributed by atoms with Crippen LogP contribution in [-0.2, 0) is 0 Å². The van der Waals surface area contributed by atoms with Crippen LogP contribution in [0.2, 0.25) is 0 Å². The fraction of sp³-hybridized carbons (Fsp3) is 1.00. The molecule has 0 aromatic rings. The molecule has 0 heteroatoms. The van der Waals surface area contributed by atoms with Crippen molar-refractivity contribution in [2.24, 2.45) is 29.6 Å². The van der Waals surface area contributed by atoms with Crippen LogP contribution in [0.15, 0.2) is 0 Å². The summed E-state index contributed by atoms with van der Waals surface area (Å²) in [6.07, 6.45) is 5.61. The monoisotopic (exact) mass is 226 g/mol. The summed E-state index contributed by atoms with van der Waals surface area (Å²) in [4.78, 5) is 0. The third-order valence-corrected chi connectivity index (χ3v) is 4.43. The lowest BCUT2D eigenvalue weighted by Crippen LogP contribution is -2.13. The van der Waals surface area contributed by atoms with Gasteiger partial charge in [0.1, 0.15) is 0 Å². The van der Waals surface area contributed by atoms with E-state index in [9.17, 15) is 0 Å². The molecule has 16 heavy (non-hydrogen) atoms. The zero-order chi connectivity index (χ0) is 12.7. The average molecular weight is 226 g/mol. The Balaban J connectivity index is 3.84. The number of hydrogen-bond donors (Lipinski definition) is 0. The van der Waals surface area contributed by atoms with Crippen LogP contribution >= 0.6 is 0 Å². The summed E-state index contributed by atoms with van der Waals surface area (Å²) in [6.45, 7) is 16.6. The number of hydrogen-bond acceptors (Lipinski definition) is 0. The van der Waals surface area contributed by atoms with Crippen molar-refractivity contribution in [2.75, 3.05) is 0 Å². The van der Waals surface area contributed by atoms with Gasteiger partial charge < -0.3 is 0 Å². The van der Waals surface area contributed by atoms with E-state index in [1.165, 1.54) is 25.7 Å². The molecule has 0 aliphatic carbocycles. The summed E-state index contributed by atoms with van der Waals surface area (Å²) in [5, 5.41) is 0. The summed E-state index contributed by atoms with van der Waals surface area (Å²) in [5.74, 6) is 4.44. The van der Waals surface area contributed by atoms with Crippen LogP contribution in [0.25, 0.3) is 0 Å². The highest BCUT2D eigenvalue weighted by Crippen LogP contribution is 2.27. The van der Waals surface area contributed by atoms with E-state index in [2.05, 4.69) is 48.5 Å². The van der Waals surface area contributed by atoms with Gasteiger partial charge in [-0.15, -0.1) is 0 Å². The molecule has 98 valence electrons. The Morgan fingerprint density at radius 1 is 0.750 bits per heavy atom. The van der Waals surface area contributed by atoms with Crippen LogP contribution in [0.5, 0.6) is 0 Å². The van der Waals surface area contributed by atoms with Gasteiger partial charge in [0.2, 0.25) is 0 Å². The molecule has 0 heterocycles. The zero-order valence-corrected chi connectivity index (χ0v) is 12.7. The Bertz CT molecular complexity index is 157. The summed E-state index contributed by atoms with van der Waals surface area (Å²) < 4.78 is 0. The van der Waals surface area contributed by atoms with Crippen molar-refractivity contribution in [1.82, 2.24) is 0 Å². The van der Waals surface area contributed by atoms with Crippen LogP contribution in [0.3, 0.4) is 0 Å². The molecule has 0 fully saturated rings. The highest BCUT2D eigenvalue weighted by molar-refractivity contribution is 4.67. The first kappa shape index (κ1) is 16.0. The summed E-state index contributed by atoms with van der Waals surface area (Å²) in [5.41, 5.74) is 0. The quantitative estimate of drug-likeness (QED) is 0.493. The maximum Gasteiger partial charge on any atom is -0.0391 e. The predicted octanol–water partition coefficient (Wildman–Crippen LogP) is 5.77. The SMILES string of the molecule is CCC(CC(C)CCC(C)C(C)C)C(C)C.